The van der Waals surface area contributed by atoms with Gasteiger partial charge in [-0.2, -0.15) is 0 Å². The van der Waals surface area contributed by atoms with Gasteiger partial charge in [-0.1, -0.05) is 12.1 Å². The van der Waals surface area contributed by atoms with Crippen LogP contribution in [0.2, 0.25) is 0 Å². The van der Waals surface area contributed by atoms with E-state index in [4.69, 9.17) is 4.74 Å². The lowest BCUT2D eigenvalue weighted by molar-refractivity contribution is 0.0527. The maximum absolute atomic E-state index is 11.8. The molecular formula is C19H34IN5O4S. The Kier molecular flexibility index (Phi) is 12.9. The minimum absolute atomic E-state index is 0. The second-order valence-corrected chi connectivity index (χ2v) is 9.14. The van der Waals surface area contributed by atoms with Crippen LogP contribution >= 0.6 is 24.0 Å². The van der Waals surface area contributed by atoms with Gasteiger partial charge in [-0.3, -0.25) is 0 Å². The van der Waals surface area contributed by atoms with E-state index in [-0.39, 0.29) is 28.9 Å². The van der Waals surface area contributed by atoms with Gasteiger partial charge in [-0.25, -0.2) is 22.9 Å². The van der Waals surface area contributed by atoms with Crippen molar-refractivity contribution in [3.8, 4) is 0 Å². The summed E-state index contributed by atoms with van der Waals surface area (Å²) in [4.78, 5) is 16.3. The first kappa shape index (κ1) is 28.4. The Morgan fingerprint density at radius 2 is 1.67 bits per heavy atom. The number of halogens is 1. The summed E-state index contributed by atoms with van der Waals surface area (Å²) in [5, 5.41) is 9.06. The average Bonchev–Trinajstić information content (AvgIpc) is 2.64. The number of nitrogens with zero attached hydrogens (tertiary/aromatic N) is 1. The molecule has 0 aromatic heterocycles. The van der Waals surface area contributed by atoms with Crippen LogP contribution in [0.25, 0.3) is 0 Å². The standard InChI is InChI=1S/C19H33N5O4S.HI/c1-6-21-17(22-12-7-13-23-18(25)28-19(2,3)4)24-14-15-8-10-16(11-9-15)29(26,27)20-5;/h8-11,20H,6-7,12-14H2,1-5H3,(H,23,25)(H2,21,22,24);1H. The summed E-state index contributed by atoms with van der Waals surface area (Å²) < 4.78 is 31.0. The van der Waals surface area contributed by atoms with Crippen LogP contribution in [0, 0.1) is 0 Å². The molecule has 1 aromatic rings. The predicted octanol–water partition coefficient (Wildman–Crippen LogP) is 2.18. The maximum atomic E-state index is 11.8. The molecule has 30 heavy (non-hydrogen) atoms. The van der Waals surface area contributed by atoms with E-state index in [2.05, 4.69) is 25.7 Å². The number of carbonyl (C=O) groups excluding carboxylic acids is 1. The van der Waals surface area contributed by atoms with Crippen molar-refractivity contribution in [1.82, 2.24) is 20.7 Å². The zero-order chi connectivity index (χ0) is 21.9. The van der Waals surface area contributed by atoms with E-state index in [1.165, 1.54) is 7.05 Å². The van der Waals surface area contributed by atoms with Crippen molar-refractivity contribution in [3.63, 3.8) is 0 Å². The number of ether oxygens (including phenoxy) is 1. The molecule has 4 N–H and O–H groups in total. The van der Waals surface area contributed by atoms with E-state index in [1.54, 1.807) is 24.3 Å². The van der Waals surface area contributed by atoms with Crippen LogP contribution in [0.4, 0.5) is 4.79 Å². The van der Waals surface area contributed by atoms with Crippen LogP contribution in [-0.4, -0.2) is 52.8 Å². The molecule has 0 spiro atoms. The predicted molar refractivity (Wildman–Crippen MR) is 130 cm³/mol. The summed E-state index contributed by atoms with van der Waals surface area (Å²) in [6, 6.07) is 6.59. The number of aliphatic imine (C=N–C) groups is 1. The average molecular weight is 555 g/mol. The fourth-order valence-electron chi connectivity index (χ4n) is 2.20. The molecular weight excluding hydrogens is 521 g/mol. The van der Waals surface area contributed by atoms with Gasteiger partial charge in [-0.05, 0) is 58.9 Å². The van der Waals surface area contributed by atoms with Crippen molar-refractivity contribution >= 4 is 46.1 Å². The summed E-state index contributed by atoms with van der Waals surface area (Å²) in [5.41, 5.74) is 0.381. The van der Waals surface area contributed by atoms with Gasteiger partial charge in [0.05, 0.1) is 11.4 Å². The molecule has 9 nitrogen and oxygen atoms in total. The molecule has 1 aromatic carbocycles. The molecule has 172 valence electrons. The Bertz CT molecular complexity index is 777. The zero-order valence-corrected chi connectivity index (χ0v) is 21.4. The number of amides is 1. The van der Waals surface area contributed by atoms with Crippen molar-refractivity contribution in [2.75, 3.05) is 26.7 Å². The van der Waals surface area contributed by atoms with Gasteiger partial charge in [0.2, 0.25) is 10.0 Å². The van der Waals surface area contributed by atoms with Crippen molar-refractivity contribution in [2.45, 2.75) is 51.2 Å². The molecule has 0 atom stereocenters. The number of guanidine groups is 1. The minimum atomic E-state index is -3.44. The Balaban J connectivity index is 0.00000841. The van der Waals surface area contributed by atoms with Gasteiger partial charge in [0.25, 0.3) is 0 Å². The Morgan fingerprint density at radius 1 is 1.07 bits per heavy atom. The monoisotopic (exact) mass is 555 g/mol. The molecule has 0 fully saturated rings. The first-order valence-electron chi connectivity index (χ1n) is 9.59. The third kappa shape index (κ3) is 11.6. The van der Waals surface area contributed by atoms with Gasteiger partial charge in [0.15, 0.2) is 5.96 Å². The minimum Gasteiger partial charge on any atom is -0.444 e. The summed E-state index contributed by atoms with van der Waals surface area (Å²) in [6.07, 6.45) is 0.280. The molecule has 1 rings (SSSR count). The molecule has 11 heteroatoms. The van der Waals surface area contributed by atoms with E-state index in [9.17, 15) is 13.2 Å². The molecule has 0 aliphatic carbocycles. The van der Waals surface area contributed by atoms with Gasteiger partial charge >= 0.3 is 6.09 Å². The van der Waals surface area contributed by atoms with Gasteiger partial charge < -0.3 is 20.7 Å². The molecule has 1 amide bonds. The highest BCUT2D eigenvalue weighted by Gasteiger charge is 2.15. The Hall–Kier alpha value is -1.60. The van der Waals surface area contributed by atoms with Crippen LogP contribution in [0.5, 0.6) is 0 Å². The van der Waals surface area contributed by atoms with Crippen molar-refractivity contribution in [3.05, 3.63) is 29.8 Å². The van der Waals surface area contributed by atoms with Crippen LogP contribution < -0.4 is 20.7 Å². The number of benzene rings is 1. The fraction of sp³-hybridized carbons (Fsp3) is 0.579. The molecule has 0 bridgehead atoms. The normalized spacial score (nSPS) is 12.0. The topological polar surface area (TPSA) is 121 Å². The van der Waals surface area contributed by atoms with Crippen LogP contribution in [-0.2, 0) is 21.3 Å². The molecule has 0 saturated heterocycles. The first-order chi connectivity index (χ1) is 13.6. The van der Waals surface area contributed by atoms with Crippen LogP contribution in [0.1, 0.15) is 39.7 Å². The largest absolute Gasteiger partial charge is 0.444 e. The smallest absolute Gasteiger partial charge is 0.407 e. The molecule has 0 heterocycles. The quantitative estimate of drug-likeness (QED) is 0.161. The lowest BCUT2D eigenvalue weighted by atomic mass is 10.2. The zero-order valence-electron chi connectivity index (χ0n) is 18.2. The van der Waals surface area contributed by atoms with E-state index < -0.39 is 21.7 Å². The van der Waals surface area contributed by atoms with Crippen molar-refractivity contribution in [1.29, 1.82) is 0 Å². The van der Waals surface area contributed by atoms with Gasteiger partial charge in [0, 0.05) is 19.6 Å². The van der Waals surface area contributed by atoms with Gasteiger partial charge in [0.1, 0.15) is 5.60 Å². The van der Waals surface area contributed by atoms with Crippen molar-refractivity contribution in [2.24, 2.45) is 4.99 Å². The Morgan fingerprint density at radius 3 is 2.20 bits per heavy atom. The molecule has 0 aliphatic rings. The number of carbonyl (C=O) groups is 1. The number of hydrogen-bond donors (Lipinski definition) is 4. The SMILES string of the molecule is CCNC(=NCc1ccc(S(=O)(=O)NC)cc1)NCCCNC(=O)OC(C)(C)C.I. The third-order valence-electron chi connectivity index (χ3n) is 3.58. The summed E-state index contributed by atoms with van der Waals surface area (Å²) in [7, 11) is -2.06. The second-order valence-electron chi connectivity index (χ2n) is 7.26. The van der Waals surface area contributed by atoms with E-state index in [0.29, 0.717) is 38.6 Å². The number of nitrogens with one attached hydrogen (secondary N) is 4. The molecule has 0 aliphatic heterocycles. The highest BCUT2D eigenvalue weighted by molar-refractivity contribution is 14.0. The first-order valence-corrected chi connectivity index (χ1v) is 11.1. The highest BCUT2D eigenvalue weighted by atomic mass is 127. The molecule has 0 unspecified atom stereocenters. The number of rotatable bonds is 9. The summed E-state index contributed by atoms with van der Waals surface area (Å²) >= 11 is 0. The maximum Gasteiger partial charge on any atom is 0.407 e. The molecule has 0 radical (unpaired) electrons. The summed E-state index contributed by atoms with van der Waals surface area (Å²) in [6.45, 7) is 9.66. The van der Waals surface area contributed by atoms with Gasteiger partial charge in [-0.15, -0.1) is 24.0 Å². The van der Waals surface area contributed by atoms with E-state index >= 15 is 0 Å². The van der Waals surface area contributed by atoms with Crippen molar-refractivity contribution < 1.29 is 17.9 Å². The second kappa shape index (κ2) is 13.7. The fourth-order valence-corrected chi connectivity index (χ4v) is 2.93. The van der Waals surface area contributed by atoms with Crippen LogP contribution in [0.3, 0.4) is 0 Å². The summed E-state index contributed by atoms with van der Waals surface area (Å²) in [5.74, 6) is 0.650. The Labute approximate surface area is 196 Å². The lowest BCUT2D eigenvalue weighted by Gasteiger charge is -2.19. The number of alkyl carbamates (subject to hydrolysis) is 1. The lowest BCUT2D eigenvalue weighted by Crippen LogP contribution is -2.39. The number of sulfonamides is 1. The number of hydrogen-bond acceptors (Lipinski definition) is 5. The van der Waals surface area contributed by atoms with Crippen LogP contribution in [0.15, 0.2) is 34.2 Å². The molecule has 0 saturated carbocycles. The third-order valence-corrected chi connectivity index (χ3v) is 5.01. The highest BCUT2D eigenvalue weighted by Crippen LogP contribution is 2.10. The van der Waals surface area contributed by atoms with E-state index in [1.807, 2.05) is 27.7 Å². The van der Waals surface area contributed by atoms with E-state index in [0.717, 1.165) is 5.56 Å².